The number of sulfonamides is 1. The minimum Gasteiger partial charge on any atom is -0.481 e. The molecule has 3 aromatic rings. The fourth-order valence-corrected chi connectivity index (χ4v) is 4.54. The molecule has 0 saturated heterocycles. The van der Waals surface area contributed by atoms with Gasteiger partial charge in [0.1, 0.15) is 0 Å². The van der Waals surface area contributed by atoms with Crippen molar-refractivity contribution in [1.82, 2.24) is 4.72 Å². The molecular formula is C25H21ClN2O5S. The third-order valence-electron chi connectivity index (χ3n) is 5.21. The molecule has 0 aliphatic carbocycles. The average molecular weight is 497 g/mol. The molecule has 34 heavy (non-hydrogen) atoms. The van der Waals surface area contributed by atoms with Crippen molar-refractivity contribution >= 4 is 33.4 Å². The van der Waals surface area contributed by atoms with Crippen molar-refractivity contribution in [2.45, 2.75) is 17.7 Å². The van der Waals surface area contributed by atoms with E-state index in [1.165, 1.54) is 24.3 Å². The molecule has 0 aromatic heterocycles. The highest BCUT2D eigenvalue weighted by molar-refractivity contribution is 7.89. The quantitative estimate of drug-likeness (QED) is 0.408. The van der Waals surface area contributed by atoms with Gasteiger partial charge in [0, 0.05) is 22.7 Å². The third-order valence-corrected chi connectivity index (χ3v) is 6.93. The van der Waals surface area contributed by atoms with E-state index in [4.69, 9.17) is 16.9 Å². The fraction of sp³-hybridized carbons (Fsp3) is 0.160. The molecule has 174 valence electrons. The molecule has 0 amide bonds. The van der Waals surface area contributed by atoms with Gasteiger partial charge in [-0.25, -0.2) is 13.1 Å². The van der Waals surface area contributed by atoms with Crippen molar-refractivity contribution in [1.29, 1.82) is 5.26 Å². The summed E-state index contributed by atoms with van der Waals surface area (Å²) >= 11 is 5.78. The molecule has 1 unspecified atom stereocenters. The third kappa shape index (κ3) is 6.51. The Morgan fingerprint density at radius 2 is 1.68 bits per heavy atom. The lowest BCUT2D eigenvalue weighted by Crippen LogP contribution is -2.28. The van der Waals surface area contributed by atoms with Crippen LogP contribution in [0.4, 0.5) is 0 Å². The zero-order chi connectivity index (χ0) is 24.7. The van der Waals surface area contributed by atoms with E-state index in [1.54, 1.807) is 48.5 Å². The molecule has 0 bridgehead atoms. The summed E-state index contributed by atoms with van der Waals surface area (Å²) in [6, 6.07) is 20.6. The van der Waals surface area contributed by atoms with Crippen molar-refractivity contribution in [3.63, 3.8) is 0 Å². The maximum absolute atomic E-state index is 12.8. The van der Waals surface area contributed by atoms with E-state index in [0.717, 1.165) is 0 Å². The highest BCUT2D eigenvalue weighted by Gasteiger charge is 2.21. The van der Waals surface area contributed by atoms with Crippen molar-refractivity contribution in [2.24, 2.45) is 5.92 Å². The number of nitriles is 1. The molecular weight excluding hydrogens is 476 g/mol. The molecule has 0 aliphatic rings. The monoisotopic (exact) mass is 496 g/mol. The van der Waals surface area contributed by atoms with Gasteiger partial charge in [0.15, 0.2) is 5.78 Å². The predicted molar refractivity (Wildman–Crippen MR) is 127 cm³/mol. The van der Waals surface area contributed by atoms with Crippen molar-refractivity contribution in [3.8, 4) is 6.07 Å². The Labute approximate surface area is 202 Å². The minimum atomic E-state index is -3.79. The van der Waals surface area contributed by atoms with Crippen LogP contribution in [0.1, 0.15) is 33.5 Å². The van der Waals surface area contributed by atoms with Crippen LogP contribution in [-0.4, -0.2) is 31.8 Å². The van der Waals surface area contributed by atoms with E-state index < -0.39 is 21.9 Å². The number of rotatable bonds is 10. The van der Waals surface area contributed by atoms with Crippen LogP contribution in [0.3, 0.4) is 0 Å². The zero-order valence-corrected chi connectivity index (χ0v) is 19.5. The lowest BCUT2D eigenvalue weighted by molar-refractivity contribution is -0.141. The van der Waals surface area contributed by atoms with Crippen molar-refractivity contribution in [2.75, 3.05) is 6.54 Å². The van der Waals surface area contributed by atoms with E-state index in [2.05, 4.69) is 4.72 Å². The molecule has 7 nitrogen and oxygen atoms in total. The van der Waals surface area contributed by atoms with E-state index in [-0.39, 0.29) is 30.1 Å². The number of benzene rings is 3. The molecule has 0 saturated carbocycles. The number of halogens is 1. The normalized spacial score (nSPS) is 12.0. The van der Waals surface area contributed by atoms with Gasteiger partial charge in [0.05, 0.1) is 22.4 Å². The number of aliphatic carboxylic acids is 1. The number of hydrogen-bond donors (Lipinski definition) is 2. The van der Waals surface area contributed by atoms with Crippen LogP contribution < -0.4 is 4.72 Å². The predicted octanol–water partition coefficient (Wildman–Crippen LogP) is 4.05. The Bertz CT molecular complexity index is 1330. The molecule has 9 heteroatoms. The first kappa shape index (κ1) is 25.1. The maximum Gasteiger partial charge on any atom is 0.306 e. The molecule has 1 atom stereocenters. The molecule has 0 heterocycles. The Hall–Kier alpha value is -3.51. The number of carbonyl (C=O) groups is 2. The Morgan fingerprint density at radius 1 is 1.00 bits per heavy atom. The van der Waals surface area contributed by atoms with Gasteiger partial charge >= 0.3 is 5.97 Å². The number of carboxylic acids is 1. The first-order chi connectivity index (χ1) is 16.2. The molecule has 0 fully saturated rings. The molecule has 0 radical (unpaired) electrons. The zero-order valence-electron chi connectivity index (χ0n) is 17.9. The lowest BCUT2D eigenvalue weighted by Gasteiger charge is -2.14. The Balaban J connectivity index is 1.66. The van der Waals surface area contributed by atoms with Gasteiger partial charge < -0.3 is 5.11 Å². The van der Waals surface area contributed by atoms with E-state index in [0.29, 0.717) is 27.3 Å². The van der Waals surface area contributed by atoms with Crippen LogP contribution in [0.25, 0.3) is 0 Å². The molecule has 3 rings (SSSR count). The standard InChI is InChI=1S/C25H21ClN2O5S/c26-22-8-10-23(11-9-22)34(32,33)28-13-12-21(25(30)31)15-18-2-1-3-20(14-18)24(29)19-6-4-17(16-27)5-7-19/h1-11,14,21,28H,12-13,15H2,(H,30,31). The van der Waals surface area contributed by atoms with Gasteiger partial charge in [0.2, 0.25) is 10.0 Å². The van der Waals surface area contributed by atoms with Crippen LogP contribution in [0.5, 0.6) is 0 Å². The second-order valence-electron chi connectivity index (χ2n) is 7.60. The molecule has 2 N–H and O–H groups in total. The van der Waals surface area contributed by atoms with Gasteiger partial charge in [-0.05, 0) is 73.0 Å². The van der Waals surface area contributed by atoms with Crippen LogP contribution in [0.2, 0.25) is 5.02 Å². The van der Waals surface area contributed by atoms with Crippen LogP contribution in [-0.2, 0) is 21.2 Å². The summed E-state index contributed by atoms with van der Waals surface area (Å²) in [6.45, 7) is -0.0637. The summed E-state index contributed by atoms with van der Waals surface area (Å²) in [7, 11) is -3.79. The van der Waals surface area contributed by atoms with Gasteiger partial charge in [0.25, 0.3) is 0 Å². The van der Waals surface area contributed by atoms with E-state index in [9.17, 15) is 23.1 Å². The summed E-state index contributed by atoms with van der Waals surface area (Å²) in [5.41, 5.74) is 1.91. The van der Waals surface area contributed by atoms with Gasteiger partial charge in [-0.3, -0.25) is 9.59 Å². The first-order valence-electron chi connectivity index (χ1n) is 10.3. The van der Waals surface area contributed by atoms with Gasteiger partial charge in [-0.2, -0.15) is 5.26 Å². The minimum absolute atomic E-state index is 0.0396. The summed E-state index contributed by atoms with van der Waals surface area (Å²) in [5.74, 6) is -2.16. The highest BCUT2D eigenvalue weighted by atomic mass is 35.5. The number of nitrogens with one attached hydrogen (secondary N) is 1. The topological polar surface area (TPSA) is 124 Å². The van der Waals surface area contributed by atoms with Gasteiger partial charge in [-0.1, -0.05) is 29.8 Å². The largest absolute Gasteiger partial charge is 0.481 e. The van der Waals surface area contributed by atoms with Crippen LogP contribution in [0, 0.1) is 17.2 Å². The van der Waals surface area contributed by atoms with Crippen molar-refractivity contribution < 1.29 is 23.1 Å². The Morgan fingerprint density at radius 3 is 2.29 bits per heavy atom. The second kappa shape index (κ2) is 11.1. The summed E-state index contributed by atoms with van der Waals surface area (Å²) in [4.78, 5) is 24.6. The number of carbonyl (C=O) groups excluding carboxylic acids is 1. The number of ketones is 1. The van der Waals surface area contributed by atoms with Gasteiger partial charge in [-0.15, -0.1) is 0 Å². The highest BCUT2D eigenvalue weighted by Crippen LogP contribution is 2.18. The van der Waals surface area contributed by atoms with E-state index in [1.807, 2.05) is 6.07 Å². The molecule has 0 spiro atoms. The fourth-order valence-electron chi connectivity index (χ4n) is 3.36. The summed E-state index contributed by atoms with van der Waals surface area (Å²) in [5, 5.41) is 18.9. The van der Waals surface area contributed by atoms with Crippen LogP contribution in [0.15, 0.2) is 77.7 Å². The number of nitrogens with zero attached hydrogens (tertiary/aromatic N) is 1. The lowest BCUT2D eigenvalue weighted by atomic mass is 9.93. The number of hydrogen-bond acceptors (Lipinski definition) is 5. The van der Waals surface area contributed by atoms with E-state index >= 15 is 0 Å². The van der Waals surface area contributed by atoms with Crippen LogP contribution >= 0.6 is 11.6 Å². The molecule has 3 aromatic carbocycles. The summed E-state index contributed by atoms with van der Waals surface area (Å²) in [6.07, 6.45) is 0.197. The maximum atomic E-state index is 12.8. The Kier molecular flexibility index (Phi) is 8.18. The second-order valence-corrected chi connectivity index (χ2v) is 9.80. The smallest absolute Gasteiger partial charge is 0.306 e. The average Bonchev–Trinajstić information content (AvgIpc) is 2.83. The van der Waals surface area contributed by atoms with Crippen molar-refractivity contribution in [3.05, 3.63) is 100 Å². The molecule has 0 aliphatic heterocycles. The number of carboxylic acid groups (broad SMARTS) is 1. The summed E-state index contributed by atoms with van der Waals surface area (Å²) < 4.78 is 27.2. The SMILES string of the molecule is N#Cc1ccc(C(=O)c2cccc(CC(CCNS(=O)(=O)c3ccc(Cl)cc3)C(=O)O)c2)cc1. The first-order valence-corrected chi connectivity index (χ1v) is 12.2.